The zero-order valence-electron chi connectivity index (χ0n) is 12.8. The highest BCUT2D eigenvalue weighted by atomic mass is 32.1. The van der Waals surface area contributed by atoms with Crippen molar-refractivity contribution in [1.82, 2.24) is 10.2 Å². The molecule has 1 N–H and O–H groups in total. The predicted molar refractivity (Wildman–Crippen MR) is 85.0 cm³/mol. The van der Waals surface area contributed by atoms with Gasteiger partial charge in [-0.15, -0.1) is 0 Å². The van der Waals surface area contributed by atoms with Crippen molar-refractivity contribution in [2.24, 2.45) is 11.8 Å². The molecular formula is C17H24N2OS. The highest BCUT2D eigenvalue weighted by Crippen LogP contribution is 2.51. The van der Waals surface area contributed by atoms with Gasteiger partial charge in [0.15, 0.2) is 0 Å². The van der Waals surface area contributed by atoms with Gasteiger partial charge in [-0.3, -0.25) is 10.1 Å². The zero-order chi connectivity index (χ0) is 14.6. The molecule has 0 aromatic carbocycles. The van der Waals surface area contributed by atoms with E-state index in [4.69, 9.17) is 0 Å². The zero-order valence-corrected chi connectivity index (χ0v) is 13.7. The van der Waals surface area contributed by atoms with Gasteiger partial charge in [-0.05, 0) is 73.3 Å². The first kappa shape index (κ1) is 13.8. The Bertz CT molecular complexity index is 523. The highest BCUT2D eigenvalue weighted by molar-refractivity contribution is 7.08. The summed E-state index contributed by atoms with van der Waals surface area (Å²) < 4.78 is 0. The largest absolute Gasteiger partial charge is 0.318 e. The van der Waals surface area contributed by atoms with Crippen LogP contribution in [0.2, 0.25) is 0 Å². The molecule has 3 aliphatic rings. The van der Waals surface area contributed by atoms with Gasteiger partial charge in [0, 0.05) is 6.04 Å². The minimum atomic E-state index is -0.394. The minimum Gasteiger partial charge on any atom is -0.318 e. The second-order valence-electron chi connectivity index (χ2n) is 7.17. The summed E-state index contributed by atoms with van der Waals surface area (Å²) in [6, 6.07) is 2.64. The summed E-state index contributed by atoms with van der Waals surface area (Å²) in [4.78, 5) is 15.4. The average molecular weight is 304 g/mol. The summed E-state index contributed by atoms with van der Waals surface area (Å²) in [5.41, 5.74) is 0.867. The first-order valence-electron chi connectivity index (χ1n) is 8.26. The molecule has 2 unspecified atom stereocenters. The van der Waals surface area contributed by atoms with E-state index < -0.39 is 5.54 Å². The van der Waals surface area contributed by atoms with E-state index >= 15 is 0 Å². The first-order valence-corrected chi connectivity index (χ1v) is 9.21. The monoisotopic (exact) mass is 304 g/mol. The lowest BCUT2D eigenvalue weighted by atomic mass is 9.97. The molecule has 2 aliphatic carbocycles. The van der Waals surface area contributed by atoms with Crippen LogP contribution in [0, 0.1) is 11.8 Å². The third kappa shape index (κ3) is 2.23. The number of carbonyl (C=O) groups is 1. The lowest BCUT2D eigenvalue weighted by Gasteiger charge is -2.33. The molecule has 2 atom stereocenters. The third-order valence-electron chi connectivity index (χ3n) is 5.54. The average Bonchev–Trinajstić information content (AvgIpc) is 3.41. The maximum absolute atomic E-state index is 13.1. The predicted octanol–water partition coefficient (Wildman–Crippen LogP) is 3.54. The Morgan fingerprint density at radius 3 is 2.52 bits per heavy atom. The fourth-order valence-electron chi connectivity index (χ4n) is 3.79. The van der Waals surface area contributed by atoms with E-state index in [1.54, 1.807) is 11.3 Å². The number of hydrogen-bond acceptors (Lipinski definition) is 3. The molecule has 2 saturated carbocycles. The van der Waals surface area contributed by atoms with Gasteiger partial charge in [0.1, 0.15) is 6.17 Å². The van der Waals surface area contributed by atoms with Crippen LogP contribution < -0.4 is 5.32 Å². The fourth-order valence-corrected chi connectivity index (χ4v) is 4.46. The number of amides is 1. The van der Waals surface area contributed by atoms with Gasteiger partial charge in [0.05, 0.1) is 5.54 Å². The van der Waals surface area contributed by atoms with E-state index in [0.29, 0.717) is 11.9 Å². The summed E-state index contributed by atoms with van der Waals surface area (Å²) in [7, 11) is 0. The summed E-state index contributed by atoms with van der Waals surface area (Å²) in [5, 5.41) is 7.95. The number of hydrogen-bond donors (Lipinski definition) is 1. The Morgan fingerprint density at radius 1 is 1.38 bits per heavy atom. The number of carbonyl (C=O) groups excluding carboxylic acids is 1. The Hall–Kier alpha value is -0.870. The normalized spacial score (nSPS) is 33.2. The Labute approximate surface area is 130 Å². The van der Waals surface area contributed by atoms with Crippen LogP contribution in [0.5, 0.6) is 0 Å². The smallest absolute Gasteiger partial charge is 0.244 e. The maximum atomic E-state index is 13.1. The van der Waals surface area contributed by atoms with Crippen molar-refractivity contribution in [2.45, 2.75) is 63.7 Å². The van der Waals surface area contributed by atoms with E-state index in [1.165, 1.54) is 31.2 Å². The summed E-state index contributed by atoms with van der Waals surface area (Å²) in [6.07, 6.45) is 6.17. The van der Waals surface area contributed by atoms with E-state index in [1.807, 2.05) is 0 Å². The third-order valence-corrected chi connectivity index (χ3v) is 6.24. The summed E-state index contributed by atoms with van der Waals surface area (Å²) in [5.74, 6) is 1.83. The van der Waals surface area contributed by atoms with Crippen molar-refractivity contribution in [3.05, 3.63) is 22.4 Å². The van der Waals surface area contributed by atoms with Gasteiger partial charge < -0.3 is 4.90 Å². The fraction of sp³-hybridized carbons (Fsp3) is 0.706. The van der Waals surface area contributed by atoms with Gasteiger partial charge in [-0.25, -0.2) is 0 Å². The first-order chi connectivity index (χ1) is 10.1. The topological polar surface area (TPSA) is 32.3 Å². The number of nitrogens with one attached hydrogen (secondary N) is 1. The Kier molecular flexibility index (Phi) is 3.16. The van der Waals surface area contributed by atoms with Crippen LogP contribution in [-0.4, -0.2) is 22.4 Å². The van der Waals surface area contributed by atoms with Crippen LogP contribution in [0.25, 0.3) is 0 Å². The maximum Gasteiger partial charge on any atom is 0.244 e. The van der Waals surface area contributed by atoms with Gasteiger partial charge in [-0.1, -0.05) is 6.92 Å². The SMILES string of the molecule is CCC1(C)NC(c2ccsc2)N(C(C2CC2)C2CC2)C1=O. The van der Waals surface area contributed by atoms with Crippen LogP contribution >= 0.6 is 11.3 Å². The van der Waals surface area contributed by atoms with Crippen LogP contribution in [-0.2, 0) is 4.79 Å². The molecule has 21 heavy (non-hydrogen) atoms. The van der Waals surface area contributed by atoms with Crippen molar-refractivity contribution < 1.29 is 4.79 Å². The van der Waals surface area contributed by atoms with E-state index in [0.717, 1.165) is 18.3 Å². The van der Waals surface area contributed by atoms with E-state index in [-0.39, 0.29) is 6.17 Å². The molecule has 4 heteroatoms. The van der Waals surface area contributed by atoms with Crippen molar-refractivity contribution in [3.8, 4) is 0 Å². The van der Waals surface area contributed by atoms with Gasteiger partial charge in [0.25, 0.3) is 0 Å². The molecule has 0 bridgehead atoms. The molecule has 1 amide bonds. The second-order valence-corrected chi connectivity index (χ2v) is 7.95. The lowest BCUT2D eigenvalue weighted by Crippen LogP contribution is -2.46. The molecule has 1 aliphatic heterocycles. The number of nitrogens with zero attached hydrogens (tertiary/aromatic N) is 1. The Balaban J connectivity index is 1.71. The molecule has 114 valence electrons. The molecule has 1 aromatic rings. The summed E-state index contributed by atoms with van der Waals surface area (Å²) >= 11 is 1.72. The number of thiophene rings is 1. The summed E-state index contributed by atoms with van der Waals surface area (Å²) in [6.45, 7) is 4.19. The molecular weight excluding hydrogens is 280 g/mol. The van der Waals surface area contributed by atoms with Crippen LogP contribution in [0.3, 0.4) is 0 Å². The van der Waals surface area contributed by atoms with Crippen LogP contribution in [0.4, 0.5) is 0 Å². The van der Waals surface area contributed by atoms with Crippen molar-refractivity contribution in [2.75, 3.05) is 0 Å². The van der Waals surface area contributed by atoms with E-state index in [9.17, 15) is 4.79 Å². The van der Waals surface area contributed by atoms with Gasteiger partial charge in [-0.2, -0.15) is 11.3 Å². The van der Waals surface area contributed by atoms with Crippen LogP contribution in [0.1, 0.15) is 57.7 Å². The molecule has 1 aromatic heterocycles. The van der Waals surface area contributed by atoms with Crippen LogP contribution in [0.15, 0.2) is 16.8 Å². The molecule has 0 spiro atoms. The van der Waals surface area contributed by atoms with Gasteiger partial charge >= 0.3 is 0 Å². The number of rotatable bonds is 5. The van der Waals surface area contributed by atoms with Crippen molar-refractivity contribution in [3.63, 3.8) is 0 Å². The minimum absolute atomic E-state index is 0.0832. The second kappa shape index (κ2) is 4.82. The van der Waals surface area contributed by atoms with Crippen molar-refractivity contribution >= 4 is 17.2 Å². The lowest BCUT2D eigenvalue weighted by molar-refractivity contribution is -0.136. The quantitative estimate of drug-likeness (QED) is 0.902. The Morgan fingerprint density at radius 2 is 2.05 bits per heavy atom. The standard InChI is InChI=1S/C17H24N2OS/c1-3-17(2)16(20)19(14(11-4-5-11)12-6-7-12)15(18-17)13-8-9-21-10-13/h8-12,14-15,18H,3-7H2,1-2H3. The van der Waals surface area contributed by atoms with Crippen molar-refractivity contribution in [1.29, 1.82) is 0 Å². The van der Waals surface area contributed by atoms with Gasteiger partial charge in [0.2, 0.25) is 5.91 Å². The molecule has 3 fully saturated rings. The molecule has 4 rings (SSSR count). The molecule has 0 radical (unpaired) electrons. The highest BCUT2D eigenvalue weighted by Gasteiger charge is 2.55. The molecule has 2 heterocycles. The molecule has 1 saturated heterocycles. The van der Waals surface area contributed by atoms with E-state index in [2.05, 4.69) is 40.9 Å². The molecule has 3 nitrogen and oxygen atoms in total.